The molecule has 2 aromatic carbocycles. The Labute approximate surface area is 200 Å². The van der Waals surface area contributed by atoms with Crippen LogP contribution < -0.4 is 10.5 Å². The topological polar surface area (TPSA) is 79.0 Å². The van der Waals surface area contributed by atoms with E-state index in [4.69, 9.17) is 36.5 Å². The van der Waals surface area contributed by atoms with Crippen LogP contribution in [0.5, 0.6) is 11.6 Å². The first-order valence-corrected chi connectivity index (χ1v) is 11.3. The van der Waals surface area contributed by atoms with Gasteiger partial charge in [0.05, 0.1) is 18.8 Å². The van der Waals surface area contributed by atoms with Crippen molar-refractivity contribution < 1.29 is 18.6 Å². The summed E-state index contributed by atoms with van der Waals surface area (Å²) in [5.74, 6) is 0.631. The van der Waals surface area contributed by atoms with Gasteiger partial charge in [-0.1, -0.05) is 36.7 Å². The Kier molecular flexibility index (Phi) is 4.69. The second-order valence-electron chi connectivity index (χ2n) is 9.14. The predicted molar refractivity (Wildman–Crippen MR) is 127 cm³/mol. The van der Waals surface area contributed by atoms with Gasteiger partial charge in [-0.05, 0) is 47.5 Å². The van der Waals surface area contributed by atoms with Gasteiger partial charge in [0.15, 0.2) is 5.54 Å². The molecule has 6 nitrogen and oxygen atoms in total. The lowest BCUT2D eigenvalue weighted by atomic mass is 9.80. The molecule has 1 fully saturated rings. The Morgan fingerprint density at radius 1 is 1.09 bits per heavy atom. The Morgan fingerprint density at radius 3 is 2.68 bits per heavy atom. The number of hydrogen-bond donors (Lipinski definition) is 1. The Balaban J connectivity index is 1.49. The highest BCUT2D eigenvalue weighted by molar-refractivity contribution is 6.30. The summed E-state index contributed by atoms with van der Waals surface area (Å²) in [7, 11) is 0. The first-order valence-electron chi connectivity index (χ1n) is 10.9. The molecule has 0 unspecified atom stereocenters. The number of benzene rings is 2. The van der Waals surface area contributed by atoms with Crippen molar-refractivity contribution in [2.75, 3.05) is 19.8 Å². The molecule has 1 spiro atoms. The van der Waals surface area contributed by atoms with Crippen molar-refractivity contribution in [2.24, 2.45) is 16.1 Å². The van der Waals surface area contributed by atoms with Crippen LogP contribution in [0.3, 0.4) is 0 Å². The minimum absolute atomic E-state index is 0.0195. The number of amidine groups is 1. The van der Waals surface area contributed by atoms with E-state index in [9.17, 15) is 4.39 Å². The van der Waals surface area contributed by atoms with Crippen molar-refractivity contribution in [3.8, 4) is 22.8 Å². The van der Waals surface area contributed by atoms with Crippen LogP contribution in [0.25, 0.3) is 17.2 Å². The number of pyridine rings is 1. The zero-order chi connectivity index (χ0) is 23.5. The number of nitrogens with two attached hydrogens (primary N) is 1. The molecule has 34 heavy (non-hydrogen) atoms. The van der Waals surface area contributed by atoms with Crippen LogP contribution >= 0.6 is 11.6 Å². The van der Waals surface area contributed by atoms with Gasteiger partial charge in [0.1, 0.15) is 18.2 Å². The lowest BCUT2D eigenvalue weighted by molar-refractivity contribution is -0.0703. The molecule has 3 aliphatic heterocycles. The molecule has 0 saturated carbocycles. The van der Waals surface area contributed by atoms with Crippen LogP contribution in [0.15, 0.2) is 59.7 Å². The van der Waals surface area contributed by atoms with Crippen molar-refractivity contribution in [2.45, 2.75) is 12.5 Å². The summed E-state index contributed by atoms with van der Waals surface area (Å²) in [5.41, 5.74) is 8.44. The molecule has 0 aliphatic carbocycles. The minimum Gasteiger partial charge on any atom is -0.462 e. The fourth-order valence-corrected chi connectivity index (χ4v) is 4.71. The zero-order valence-electron chi connectivity index (χ0n) is 18.3. The van der Waals surface area contributed by atoms with Gasteiger partial charge in [-0.2, -0.15) is 0 Å². The van der Waals surface area contributed by atoms with E-state index in [1.807, 2.05) is 18.2 Å². The van der Waals surface area contributed by atoms with Gasteiger partial charge >= 0.3 is 0 Å². The summed E-state index contributed by atoms with van der Waals surface area (Å²) in [6.45, 7) is 3.72. The fraction of sp³-hybridized carbons (Fsp3) is 0.231. The SMILES string of the molecule is CC1(C=Cc2cnc3c(c2)[C@]2(COC(N)=N2)c2cc(-c4cc(Cl)ccc4F)ccc2O3)COC1. The number of fused-ring (bicyclic) bond motifs is 4. The largest absolute Gasteiger partial charge is 0.462 e. The van der Waals surface area contributed by atoms with E-state index in [1.165, 1.54) is 12.1 Å². The maximum atomic E-state index is 14.6. The Bertz CT molecular complexity index is 1390. The average Bonchev–Trinajstić information content (AvgIpc) is 3.20. The number of aromatic nitrogens is 1. The second kappa shape index (κ2) is 7.55. The maximum absolute atomic E-state index is 14.6. The number of ether oxygens (including phenoxy) is 3. The van der Waals surface area contributed by atoms with E-state index in [0.717, 1.165) is 16.7 Å². The monoisotopic (exact) mass is 477 g/mol. The molecule has 8 heteroatoms. The van der Waals surface area contributed by atoms with Gasteiger partial charge in [-0.15, -0.1) is 0 Å². The van der Waals surface area contributed by atoms with Crippen LogP contribution in [-0.2, 0) is 15.0 Å². The number of hydrogen-bond acceptors (Lipinski definition) is 6. The van der Waals surface area contributed by atoms with E-state index in [2.05, 4.69) is 18.0 Å². The number of halogens is 2. The first-order chi connectivity index (χ1) is 16.4. The van der Waals surface area contributed by atoms with Crippen molar-refractivity contribution in [1.82, 2.24) is 4.98 Å². The molecule has 0 amide bonds. The van der Waals surface area contributed by atoms with Crippen LogP contribution in [-0.4, -0.2) is 30.8 Å². The lowest BCUT2D eigenvalue weighted by Crippen LogP contribution is -2.37. The van der Waals surface area contributed by atoms with E-state index in [0.29, 0.717) is 41.0 Å². The molecule has 3 aliphatic rings. The normalized spacial score (nSPS) is 21.9. The summed E-state index contributed by atoms with van der Waals surface area (Å²) in [5, 5.41) is 0.447. The summed E-state index contributed by atoms with van der Waals surface area (Å²) in [6.07, 6.45) is 5.92. The van der Waals surface area contributed by atoms with Gasteiger partial charge in [0.25, 0.3) is 6.02 Å². The second-order valence-corrected chi connectivity index (χ2v) is 9.57. The Morgan fingerprint density at radius 2 is 1.94 bits per heavy atom. The smallest absolute Gasteiger partial charge is 0.283 e. The van der Waals surface area contributed by atoms with E-state index in [1.54, 1.807) is 24.4 Å². The molecule has 0 radical (unpaired) electrons. The highest BCUT2D eigenvalue weighted by Crippen LogP contribution is 2.51. The van der Waals surface area contributed by atoms with Gasteiger partial charge in [-0.25, -0.2) is 14.4 Å². The van der Waals surface area contributed by atoms with Crippen LogP contribution in [0.2, 0.25) is 5.02 Å². The zero-order valence-corrected chi connectivity index (χ0v) is 19.1. The van der Waals surface area contributed by atoms with Crippen LogP contribution in [0, 0.1) is 11.2 Å². The Hall–Kier alpha value is -3.42. The van der Waals surface area contributed by atoms with E-state index >= 15 is 0 Å². The predicted octanol–water partition coefficient (Wildman–Crippen LogP) is 5.29. The summed E-state index contributed by atoms with van der Waals surface area (Å²) < 4.78 is 31.8. The quantitative estimate of drug-likeness (QED) is 0.555. The van der Waals surface area contributed by atoms with E-state index < -0.39 is 5.54 Å². The molecular formula is C26H21ClFN3O3. The highest BCUT2D eigenvalue weighted by atomic mass is 35.5. The number of aliphatic imine (C=N–C) groups is 1. The summed E-state index contributed by atoms with van der Waals surface area (Å²) in [4.78, 5) is 9.27. The maximum Gasteiger partial charge on any atom is 0.283 e. The molecule has 1 saturated heterocycles. The fourth-order valence-electron chi connectivity index (χ4n) is 4.54. The molecular weight excluding hydrogens is 457 g/mol. The lowest BCUT2D eigenvalue weighted by Gasteiger charge is -2.35. The van der Waals surface area contributed by atoms with Crippen LogP contribution in [0.4, 0.5) is 4.39 Å². The molecule has 1 atom stereocenters. The van der Waals surface area contributed by atoms with Crippen molar-refractivity contribution >= 4 is 23.7 Å². The average molecular weight is 478 g/mol. The van der Waals surface area contributed by atoms with Gasteiger partial charge < -0.3 is 19.9 Å². The third kappa shape index (κ3) is 3.35. The molecule has 6 rings (SSSR count). The minimum atomic E-state index is -0.960. The molecule has 4 heterocycles. The standard InChI is InChI=1S/C26H21ClFN3O3/c1-25(12-32-13-25)7-6-15-8-20-23(30-11-15)34-22-5-2-16(18-10-17(27)3-4-21(18)28)9-19(22)26(20)14-33-24(29)31-26/h2-11H,12-14H2,1H3,(H2,29,31)/t26-/m0/s1. The third-order valence-electron chi connectivity index (χ3n) is 6.46. The highest BCUT2D eigenvalue weighted by Gasteiger charge is 2.48. The summed E-state index contributed by atoms with van der Waals surface area (Å²) >= 11 is 6.14. The van der Waals surface area contributed by atoms with Crippen LogP contribution in [0.1, 0.15) is 23.6 Å². The molecule has 172 valence electrons. The third-order valence-corrected chi connectivity index (χ3v) is 6.70. The van der Waals surface area contributed by atoms with Gasteiger partial charge in [0.2, 0.25) is 5.88 Å². The van der Waals surface area contributed by atoms with Crippen molar-refractivity contribution in [3.05, 3.63) is 82.3 Å². The van der Waals surface area contributed by atoms with Crippen molar-refractivity contribution in [3.63, 3.8) is 0 Å². The number of rotatable bonds is 3. The summed E-state index contributed by atoms with van der Waals surface area (Å²) in [6, 6.07) is 12.0. The molecule has 3 aromatic rings. The first kappa shape index (κ1) is 21.1. The van der Waals surface area contributed by atoms with Gasteiger partial charge in [0, 0.05) is 27.8 Å². The number of nitrogens with zero attached hydrogens (tertiary/aromatic N) is 2. The van der Waals surface area contributed by atoms with Crippen molar-refractivity contribution in [1.29, 1.82) is 0 Å². The molecule has 0 bridgehead atoms. The van der Waals surface area contributed by atoms with Gasteiger partial charge in [-0.3, -0.25) is 0 Å². The molecule has 1 aromatic heterocycles. The molecule has 2 N–H and O–H groups in total. The van der Waals surface area contributed by atoms with E-state index in [-0.39, 0.29) is 23.9 Å².